The first-order valence-corrected chi connectivity index (χ1v) is 7.27. The molecule has 0 amide bonds. The Morgan fingerprint density at radius 1 is 0.737 bits per heavy atom. The summed E-state index contributed by atoms with van der Waals surface area (Å²) >= 11 is 0. The molecular weight excluding hydrogens is 230 g/mol. The number of hydrogen-bond donors (Lipinski definition) is 0. The van der Waals surface area contributed by atoms with Crippen molar-refractivity contribution in [3.05, 3.63) is 28.6 Å². The average Bonchev–Trinajstić information content (AvgIpc) is 2.11. The Labute approximate surface area is 119 Å². The summed E-state index contributed by atoms with van der Waals surface area (Å²) in [6.07, 6.45) is 0. The maximum atomic E-state index is 4.89. The molecule has 1 nitrogen and oxygen atoms in total. The van der Waals surface area contributed by atoms with E-state index in [2.05, 4.69) is 75.3 Å². The summed E-state index contributed by atoms with van der Waals surface area (Å²) in [5.41, 5.74) is 5.60. The van der Waals surface area contributed by atoms with Crippen LogP contribution in [0.3, 0.4) is 0 Å². The minimum atomic E-state index is 0.0780. The highest BCUT2D eigenvalue weighted by atomic mass is 14.7. The summed E-state index contributed by atoms with van der Waals surface area (Å²) in [6.45, 7) is 22.7. The van der Waals surface area contributed by atoms with E-state index in [1.54, 1.807) is 0 Å². The van der Waals surface area contributed by atoms with E-state index in [4.69, 9.17) is 4.98 Å². The van der Waals surface area contributed by atoms with Crippen molar-refractivity contribution in [1.82, 2.24) is 4.98 Å². The standard InChI is InChI=1S/C18H31N/c1-12-11-13(16(2,3)4)14(17(5,6)7)15(19-12)18(8,9)10/h11H,1-10H3. The van der Waals surface area contributed by atoms with E-state index in [0.29, 0.717) is 0 Å². The second kappa shape index (κ2) is 4.61. The van der Waals surface area contributed by atoms with Crippen molar-refractivity contribution < 1.29 is 0 Å². The molecule has 0 spiro atoms. The first kappa shape index (κ1) is 16.2. The number of pyridine rings is 1. The highest BCUT2D eigenvalue weighted by molar-refractivity contribution is 5.44. The minimum Gasteiger partial charge on any atom is -0.257 e. The Morgan fingerprint density at radius 2 is 1.21 bits per heavy atom. The topological polar surface area (TPSA) is 12.9 Å². The molecular formula is C18H31N. The first-order chi connectivity index (χ1) is 8.24. The molecule has 0 aromatic carbocycles. The molecule has 108 valence electrons. The van der Waals surface area contributed by atoms with E-state index in [1.165, 1.54) is 16.8 Å². The van der Waals surface area contributed by atoms with Crippen LogP contribution in [0, 0.1) is 6.92 Å². The van der Waals surface area contributed by atoms with Gasteiger partial charge in [0.05, 0.1) is 0 Å². The van der Waals surface area contributed by atoms with Gasteiger partial charge in [-0.15, -0.1) is 0 Å². The SMILES string of the molecule is Cc1cc(C(C)(C)C)c(C(C)(C)C)c(C(C)(C)C)n1. The van der Waals surface area contributed by atoms with Crippen LogP contribution in [0.5, 0.6) is 0 Å². The molecule has 1 heteroatoms. The number of aromatic nitrogens is 1. The number of nitrogens with zero attached hydrogens (tertiary/aromatic N) is 1. The minimum absolute atomic E-state index is 0.0780. The second-order valence-corrected chi connectivity index (χ2v) is 8.78. The van der Waals surface area contributed by atoms with E-state index in [1.807, 2.05) is 0 Å². The number of aryl methyl sites for hydroxylation is 1. The van der Waals surface area contributed by atoms with Crippen LogP contribution in [0.25, 0.3) is 0 Å². The second-order valence-electron chi connectivity index (χ2n) is 8.78. The molecule has 0 unspecified atom stereocenters. The predicted octanol–water partition coefficient (Wildman–Crippen LogP) is 5.28. The molecule has 0 saturated heterocycles. The van der Waals surface area contributed by atoms with Crippen LogP contribution >= 0.6 is 0 Å². The first-order valence-electron chi connectivity index (χ1n) is 7.27. The lowest BCUT2D eigenvalue weighted by molar-refractivity contribution is 0.484. The zero-order chi connectivity index (χ0) is 15.2. The molecule has 0 bridgehead atoms. The van der Waals surface area contributed by atoms with Gasteiger partial charge < -0.3 is 0 Å². The van der Waals surface area contributed by atoms with Crippen molar-refractivity contribution in [2.24, 2.45) is 0 Å². The largest absolute Gasteiger partial charge is 0.257 e. The summed E-state index contributed by atoms with van der Waals surface area (Å²) in [5, 5.41) is 0. The van der Waals surface area contributed by atoms with Crippen LogP contribution in [0.15, 0.2) is 6.07 Å². The zero-order valence-corrected chi connectivity index (χ0v) is 14.5. The van der Waals surface area contributed by atoms with Crippen LogP contribution in [-0.4, -0.2) is 4.98 Å². The van der Waals surface area contributed by atoms with Gasteiger partial charge in [0.1, 0.15) is 0 Å². The molecule has 1 rings (SSSR count). The van der Waals surface area contributed by atoms with E-state index in [0.717, 1.165) is 5.69 Å². The number of rotatable bonds is 0. The van der Waals surface area contributed by atoms with Crippen molar-refractivity contribution in [1.29, 1.82) is 0 Å². The molecule has 1 aromatic heterocycles. The molecule has 0 radical (unpaired) electrons. The van der Waals surface area contributed by atoms with Gasteiger partial charge in [-0.2, -0.15) is 0 Å². The third kappa shape index (κ3) is 3.58. The van der Waals surface area contributed by atoms with Crippen molar-refractivity contribution in [3.63, 3.8) is 0 Å². The van der Waals surface area contributed by atoms with Crippen LogP contribution in [0.4, 0.5) is 0 Å². The third-order valence-electron chi connectivity index (χ3n) is 3.42. The fourth-order valence-electron chi connectivity index (χ4n) is 2.57. The Bertz CT molecular complexity index is 427. The molecule has 0 aliphatic carbocycles. The average molecular weight is 261 g/mol. The normalized spacial score (nSPS) is 13.8. The van der Waals surface area contributed by atoms with E-state index in [-0.39, 0.29) is 16.2 Å². The van der Waals surface area contributed by atoms with Crippen molar-refractivity contribution in [2.45, 2.75) is 85.5 Å². The smallest absolute Gasteiger partial charge is 0.0500 e. The Hall–Kier alpha value is -0.850. The lowest BCUT2D eigenvalue weighted by Crippen LogP contribution is -2.29. The molecule has 0 aliphatic rings. The zero-order valence-electron chi connectivity index (χ0n) is 14.5. The monoisotopic (exact) mass is 261 g/mol. The van der Waals surface area contributed by atoms with Gasteiger partial charge in [-0.25, -0.2) is 0 Å². The lowest BCUT2D eigenvalue weighted by atomic mass is 9.71. The molecule has 1 heterocycles. The van der Waals surface area contributed by atoms with Gasteiger partial charge >= 0.3 is 0 Å². The van der Waals surface area contributed by atoms with Crippen LogP contribution in [0.1, 0.15) is 84.8 Å². The lowest BCUT2D eigenvalue weighted by Gasteiger charge is -2.35. The molecule has 19 heavy (non-hydrogen) atoms. The number of hydrogen-bond acceptors (Lipinski definition) is 1. The van der Waals surface area contributed by atoms with Gasteiger partial charge in [0.15, 0.2) is 0 Å². The highest BCUT2D eigenvalue weighted by Crippen LogP contribution is 2.39. The third-order valence-corrected chi connectivity index (χ3v) is 3.42. The van der Waals surface area contributed by atoms with Crippen LogP contribution < -0.4 is 0 Å². The van der Waals surface area contributed by atoms with Crippen molar-refractivity contribution in [2.75, 3.05) is 0 Å². The van der Waals surface area contributed by atoms with Gasteiger partial charge in [0.2, 0.25) is 0 Å². The van der Waals surface area contributed by atoms with Crippen molar-refractivity contribution in [3.8, 4) is 0 Å². The van der Waals surface area contributed by atoms with E-state index >= 15 is 0 Å². The summed E-state index contributed by atoms with van der Waals surface area (Å²) in [5.74, 6) is 0. The molecule has 1 aromatic rings. The summed E-state index contributed by atoms with van der Waals surface area (Å²) in [4.78, 5) is 4.89. The van der Waals surface area contributed by atoms with Gasteiger partial charge in [-0.1, -0.05) is 62.3 Å². The summed E-state index contributed by atoms with van der Waals surface area (Å²) in [7, 11) is 0. The van der Waals surface area contributed by atoms with E-state index < -0.39 is 0 Å². The molecule has 0 N–H and O–H groups in total. The van der Waals surface area contributed by atoms with Gasteiger partial charge in [-0.05, 0) is 34.9 Å². The molecule has 0 atom stereocenters. The highest BCUT2D eigenvalue weighted by Gasteiger charge is 2.32. The predicted molar refractivity (Wildman–Crippen MR) is 85.1 cm³/mol. The molecule has 0 saturated carbocycles. The summed E-state index contributed by atoms with van der Waals surface area (Å²) in [6, 6.07) is 2.27. The maximum absolute atomic E-state index is 4.89. The quantitative estimate of drug-likeness (QED) is 0.619. The summed E-state index contributed by atoms with van der Waals surface area (Å²) < 4.78 is 0. The van der Waals surface area contributed by atoms with Crippen LogP contribution in [-0.2, 0) is 16.2 Å². The Balaban J connectivity index is 3.80. The van der Waals surface area contributed by atoms with Gasteiger partial charge in [0.25, 0.3) is 0 Å². The maximum Gasteiger partial charge on any atom is 0.0500 e. The fourth-order valence-corrected chi connectivity index (χ4v) is 2.57. The molecule has 0 aliphatic heterocycles. The Morgan fingerprint density at radius 3 is 1.53 bits per heavy atom. The fraction of sp³-hybridized carbons (Fsp3) is 0.722. The van der Waals surface area contributed by atoms with Gasteiger partial charge in [0, 0.05) is 16.8 Å². The van der Waals surface area contributed by atoms with Crippen LogP contribution in [0.2, 0.25) is 0 Å². The van der Waals surface area contributed by atoms with Crippen molar-refractivity contribution >= 4 is 0 Å². The van der Waals surface area contributed by atoms with Gasteiger partial charge in [-0.3, -0.25) is 4.98 Å². The Kier molecular flexibility index (Phi) is 3.93. The van der Waals surface area contributed by atoms with E-state index in [9.17, 15) is 0 Å². The molecule has 0 fully saturated rings.